The highest BCUT2D eigenvalue weighted by atomic mass is 16.2. The molecule has 0 spiro atoms. The third kappa shape index (κ3) is 4.05. The van der Waals surface area contributed by atoms with E-state index >= 15 is 0 Å². The van der Waals surface area contributed by atoms with Gasteiger partial charge in [-0.2, -0.15) is 0 Å². The van der Waals surface area contributed by atoms with Crippen LogP contribution in [0, 0.1) is 29.1 Å². The minimum atomic E-state index is 0.173. The number of hydrogen-bond donors (Lipinski definition) is 1. The van der Waals surface area contributed by atoms with E-state index in [2.05, 4.69) is 19.2 Å². The van der Waals surface area contributed by atoms with Crippen LogP contribution < -0.4 is 5.32 Å². The number of rotatable bonds is 6. The lowest BCUT2D eigenvalue weighted by atomic mass is 9.49. The first-order chi connectivity index (χ1) is 13.0. The standard InChI is InChI=1S/C23H38N2O2/c1-3-19(4-2)22(27)25-7-5-20(6-8-25)24-21(26)15-23-12-16-9-17(13-23)11-18(10-16)14-23/h16-20H,3-15H2,1-2H3,(H,24,26). The zero-order valence-corrected chi connectivity index (χ0v) is 17.3. The fourth-order valence-electron chi connectivity index (χ4n) is 7.27. The van der Waals surface area contributed by atoms with E-state index in [0.29, 0.717) is 11.3 Å². The molecule has 4 bridgehead atoms. The largest absolute Gasteiger partial charge is 0.353 e. The van der Waals surface area contributed by atoms with Gasteiger partial charge in [-0.15, -0.1) is 0 Å². The quantitative estimate of drug-likeness (QED) is 0.760. The molecule has 5 fully saturated rings. The molecule has 5 rings (SSSR count). The van der Waals surface area contributed by atoms with Gasteiger partial charge in [-0.25, -0.2) is 0 Å². The fraction of sp³-hybridized carbons (Fsp3) is 0.913. The van der Waals surface area contributed by atoms with Crippen molar-refractivity contribution in [2.45, 2.75) is 90.5 Å². The Morgan fingerprint density at radius 2 is 1.48 bits per heavy atom. The third-order valence-electron chi connectivity index (χ3n) is 8.21. The van der Waals surface area contributed by atoms with Gasteiger partial charge in [-0.05, 0) is 87.4 Å². The number of carbonyl (C=O) groups is 2. The zero-order valence-electron chi connectivity index (χ0n) is 17.3. The highest BCUT2D eigenvalue weighted by molar-refractivity contribution is 5.79. The summed E-state index contributed by atoms with van der Waals surface area (Å²) in [5.74, 6) is 3.49. The summed E-state index contributed by atoms with van der Waals surface area (Å²) in [7, 11) is 0. The summed E-state index contributed by atoms with van der Waals surface area (Å²) in [5, 5.41) is 3.33. The summed E-state index contributed by atoms with van der Waals surface area (Å²) in [6.45, 7) is 5.81. The Labute approximate surface area is 164 Å². The van der Waals surface area contributed by atoms with Gasteiger partial charge in [0.2, 0.25) is 11.8 Å². The Kier molecular flexibility index (Phi) is 5.53. The first-order valence-electron chi connectivity index (χ1n) is 11.6. The predicted molar refractivity (Wildman–Crippen MR) is 107 cm³/mol. The van der Waals surface area contributed by atoms with Gasteiger partial charge in [0.1, 0.15) is 0 Å². The Hall–Kier alpha value is -1.06. The van der Waals surface area contributed by atoms with Gasteiger partial charge in [-0.3, -0.25) is 9.59 Å². The van der Waals surface area contributed by atoms with E-state index in [0.717, 1.165) is 62.9 Å². The SMILES string of the molecule is CCC(CC)C(=O)N1CCC(NC(=O)CC23CC4CC(CC(C4)C2)C3)CC1. The second-order valence-corrected chi connectivity index (χ2v) is 10.3. The molecule has 1 saturated heterocycles. The molecule has 4 nitrogen and oxygen atoms in total. The maximum Gasteiger partial charge on any atom is 0.225 e. The number of carbonyl (C=O) groups excluding carboxylic acids is 2. The van der Waals surface area contributed by atoms with E-state index in [1.807, 2.05) is 4.90 Å². The molecule has 0 atom stereocenters. The number of nitrogens with zero attached hydrogens (tertiary/aromatic N) is 1. The van der Waals surface area contributed by atoms with Crippen LogP contribution >= 0.6 is 0 Å². The molecule has 27 heavy (non-hydrogen) atoms. The molecule has 152 valence electrons. The van der Waals surface area contributed by atoms with Crippen LogP contribution in [0.2, 0.25) is 0 Å². The first kappa shape index (κ1) is 19.3. The molecule has 0 aromatic carbocycles. The van der Waals surface area contributed by atoms with Gasteiger partial charge < -0.3 is 10.2 Å². The highest BCUT2D eigenvalue weighted by Crippen LogP contribution is 2.61. The maximum atomic E-state index is 12.8. The van der Waals surface area contributed by atoms with Crippen LogP contribution in [-0.4, -0.2) is 35.8 Å². The molecule has 5 aliphatic rings. The second-order valence-electron chi connectivity index (χ2n) is 10.3. The Bertz CT molecular complexity index is 525. The van der Waals surface area contributed by atoms with Crippen molar-refractivity contribution in [3.8, 4) is 0 Å². The molecule has 2 amide bonds. The molecule has 1 aliphatic heterocycles. The van der Waals surface area contributed by atoms with Gasteiger partial charge in [0.15, 0.2) is 0 Å². The summed E-state index contributed by atoms with van der Waals surface area (Å²) in [5.41, 5.74) is 0.324. The summed E-state index contributed by atoms with van der Waals surface area (Å²) in [6.07, 6.45) is 12.6. The molecular formula is C23H38N2O2. The summed E-state index contributed by atoms with van der Waals surface area (Å²) >= 11 is 0. The number of hydrogen-bond acceptors (Lipinski definition) is 2. The minimum absolute atomic E-state index is 0.173. The van der Waals surface area contributed by atoms with Crippen molar-refractivity contribution in [2.75, 3.05) is 13.1 Å². The van der Waals surface area contributed by atoms with Crippen LogP contribution in [0.5, 0.6) is 0 Å². The van der Waals surface area contributed by atoms with Gasteiger partial charge in [-0.1, -0.05) is 13.8 Å². The molecule has 1 N–H and O–H groups in total. The monoisotopic (exact) mass is 374 g/mol. The number of amides is 2. The van der Waals surface area contributed by atoms with E-state index in [1.165, 1.54) is 38.5 Å². The van der Waals surface area contributed by atoms with Crippen LogP contribution in [0.3, 0.4) is 0 Å². The molecule has 1 heterocycles. The van der Waals surface area contributed by atoms with Crippen LogP contribution in [0.25, 0.3) is 0 Å². The molecule has 0 aromatic rings. The van der Waals surface area contributed by atoms with Crippen LogP contribution in [0.4, 0.5) is 0 Å². The van der Waals surface area contributed by atoms with E-state index in [1.54, 1.807) is 0 Å². The topological polar surface area (TPSA) is 49.4 Å². The lowest BCUT2D eigenvalue weighted by molar-refractivity contribution is -0.137. The maximum absolute atomic E-state index is 12.8. The van der Waals surface area contributed by atoms with Crippen molar-refractivity contribution in [3.05, 3.63) is 0 Å². The molecule has 0 aromatic heterocycles. The number of nitrogens with one attached hydrogen (secondary N) is 1. The Morgan fingerprint density at radius 1 is 0.963 bits per heavy atom. The normalized spacial score (nSPS) is 35.7. The predicted octanol–water partition coefficient (Wildman–Crippen LogP) is 4.14. The molecule has 0 unspecified atom stereocenters. The van der Waals surface area contributed by atoms with Crippen molar-refractivity contribution in [1.29, 1.82) is 0 Å². The average Bonchev–Trinajstić information content (AvgIpc) is 2.61. The smallest absolute Gasteiger partial charge is 0.225 e. The molecular weight excluding hydrogens is 336 g/mol. The van der Waals surface area contributed by atoms with Crippen molar-refractivity contribution < 1.29 is 9.59 Å². The zero-order chi connectivity index (χ0) is 19.0. The molecule has 4 aliphatic carbocycles. The second kappa shape index (κ2) is 7.75. The summed E-state index contributed by atoms with van der Waals surface area (Å²) in [4.78, 5) is 27.4. The average molecular weight is 375 g/mol. The molecule has 0 radical (unpaired) electrons. The van der Waals surface area contributed by atoms with Crippen molar-refractivity contribution in [1.82, 2.24) is 10.2 Å². The van der Waals surface area contributed by atoms with E-state index in [4.69, 9.17) is 0 Å². The van der Waals surface area contributed by atoms with Crippen molar-refractivity contribution in [2.24, 2.45) is 29.1 Å². The highest BCUT2D eigenvalue weighted by Gasteiger charge is 2.51. The lowest BCUT2D eigenvalue weighted by Crippen LogP contribution is -2.51. The Morgan fingerprint density at radius 3 is 1.96 bits per heavy atom. The number of piperidine rings is 1. The number of likely N-dealkylation sites (tertiary alicyclic amines) is 1. The lowest BCUT2D eigenvalue weighted by Gasteiger charge is -2.56. The van der Waals surface area contributed by atoms with Crippen LogP contribution in [0.1, 0.15) is 84.5 Å². The minimum Gasteiger partial charge on any atom is -0.353 e. The van der Waals surface area contributed by atoms with Gasteiger partial charge in [0, 0.05) is 31.5 Å². The third-order valence-corrected chi connectivity index (χ3v) is 8.21. The van der Waals surface area contributed by atoms with E-state index < -0.39 is 0 Å². The first-order valence-corrected chi connectivity index (χ1v) is 11.6. The fourth-order valence-corrected chi connectivity index (χ4v) is 7.27. The Balaban J connectivity index is 1.25. The van der Waals surface area contributed by atoms with Gasteiger partial charge in [0.05, 0.1) is 0 Å². The van der Waals surface area contributed by atoms with E-state index in [9.17, 15) is 9.59 Å². The molecule has 4 heteroatoms. The van der Waals surface area contributed by atoms with Crippen molar-refractivity contribution >= 4 is 11.8 Å². The molecule has 4 saturated carbocycles. The summed E-state index contributed by atoms with van der Waals surface area (Å²) < 4.78 is 0. The van der Waals surface area contributed by atoms with E-state index in [-0.39, 0.29) is 17.9 Å². The van der Waals surface area contributed by atoms with Gasteiger partial charge >= 0.3 is 0 Å². The van der Waals surface area contributed by atoms with Crippen molar-refractivity contribution in [3.63, 3.8) is 0 Å². The summed E-state index contributed by atoms with van der Waals surface area (Å²) in [6, 6.07) is 0.261. The van der Waals surface area contributed by atoms with Crippen LogP contribution in [-0.2, 0) is 9.59 Å². The van der Waals surface area contributed by atoms with Gasteiger partial charge in [0.25, 0.3) is 0 Å². The van der Waals surface area contributed by atoms with Crippen LogP contribution in [0.15, 0.2) is 0 Å².